The fraction of sp³-hybridized carbons (Fsp3) is 0.533. The van der Waals surface area contributed by atoms with Crippen LogP contribution < -0.4 is 0 Å². The number of aliphatic carboxylic acids is 1. The smallest absolute Gasteiger partial charge is 0.326 e. The van der Waals surface area contributed by atoms with Crippen molar-refractivity contribution in [3.63, 3.8) is 0 Å². The predicted molar refractivity (Wildman–Crippen MR) is 75.4 cm³/mol. The van der Waals surface area contributed by atoms with Gasteiger partial charge in [0.15, 0.2) is 0 Å². The summed E-state index contributed by atoms with van der Waals surface area (Å²) >= 11 is 0. The molecule has 0 saturated heterocycles. The molecule has 6 heteroatoms. The maximum absolute atomic E-state index is 12.5. The third-order valence-electron chi connectivity index (χ3n) is 4.27. The number of aromatic amines is 1. The lowest BCUT2D eigenvalue weighted by Gasteiger charge is -2.32. The summed E-state index contributed by atoms with van der Waals surface area (Å²) in [7, 11) is 0. The van der Waals surface area contributed by atoms with Crippen molar-refractivity contribution in [1.29, 1.82) is 0 Å². The molecule has 0 saturated carbocycles. The summed E-state index contributed by atoms with van der Waals surface area (Å²) in [6.07, 6.45) is 8.57. The average Bonchev–Trinajstić information content (AvgIpc) is 2.94. The number of rotatable bonds is 3. The molecule has 0 fully saturated rings. The number of hydrogen-bond acceptors (Lipinski definition) is 3. The Labute approximate surface area is 122 Å². The van der Waals surface area contributed by atoms with Gasteiger partial charge >= 0.3 is 5.97 Å². The Kier molecular flexibility index (Phi) is 3.77. The fourth-order valence-electron chi connectivity index (χ4n) is 3.08. The van der Waals surface area contributed by atoms with Crippen LogP contribution in [-0.2, 0) is 22.6 Å². The number of nitrogens with one attached hydrogen (secondary N) is 1. The van der Waals surface area contributed by atoms with Gasteiger partial charge in [0.2, 0.25) is 5.91 Å². The van der Waals surface area contributed by atoms with Gasteiger partial charge in [0.1, 0.15) is 6.04 Å². The summed E-state index contributed by atoms with van der Waals surface area (Å²) < 4.78 is 0. The second-order valence-corrected chi connectivity index (χ2v) is 5.69. The summed E-state index contributed by atoms with van der Waals surface area (Å²) in [4.78, 5) is 32.5. The Morgan fingerprint density at radius 2 is 2.29 bits per heavy atom. The van der Waals surface area contributed by atoms with Crippen LogP contribution >= 0.6 is 0 Å². The van der Waals surface area contributed by atoms with Crippen molar-refractivity contribution in [2.24, 2.45) is 0 Å². The lowest BCUT2D eigenvalue weighted by atomic mass is 9.95. The number of carbonyl (C=O) groups excluding carboxylic acids is 1. The molecular weight excluding hydrogens is 270 g/mol. The average molecular weight is 289 g/mol. The van der Waals surface area contributed by atoms with Crippen LogP contribution in [0.5, 0.6) is 0 Å². The topological polar surface area (TPSA) is 86.3 Å². The summed E-state index contributed by atoms with van der Waals surface area (Å²) in [5.74, 6) is -1.06. The van der Waals surface area contributed by atoms with Gasteiger partial charge in [-0.25, -0.2) is 9.78 Å². The number of imidazole rings is 1. The number of aromatic nitrogens is 2. The number of amides is 1. The van der Waals surface area contributed by atoms with E-state index in [9.17, 15) is 14.7 Å². The molecule has 112 valence electrons. The highest BCUT2D eigenvalue weighted by atomic mass is 16.4. The van der Waals surface area contributed by atoms with Crippen LogP contribution in [0.25, 0.3) is 0 Å². The molecule has 1 atom stereocenters. The highest BCUT2D eigenvalue weighted by Crippen LogP contribution is 2.25. The number of carboxylic acids is 1. The number of H-pyrrole nitrogens is 1. The molecule has 0 spiro atoms. The summed E-state index contributed by atoms with van der Waals surface area (Å²) in [5, 5.41) is 9.38. The molecule has 2 N–H and O–H groups in total. The molecule has 2 heterocycles. The van der Waals surface area contributed by atoms with Crippen LogP contribution in [0, 0.1) is 0 Å². The molecular formula is C15H19N3O3. The minimum absolute atomic E-state index is 0.101. The van der Waals surface area contributed by atoms with Gasteiger partial charge in [0.25, 0.3) is 0 Å². The van der Waals surface area contributed by atoms with E-state index >= 15 is 0 Å². The Balaban J connectivity index is 1.77. The molecule has 0 aromatic carbocycles. The van der Waals surface area contributed by atoms with Crippen molar-refractivity contribution >= 4 is 11.9 Å². The minimum Gasteiger partial charge on any atom is -0.480 e. The third-order valence-corrected chi connectivity index (χ3v) is 4.27. The van der Waals surface area contributed by atoms with Crippen LogP contribution in [0.2, 0.25) is 0 Å². The molecule has 1 aliphatic heterocycles. The molecule has 3 rings (SSSR count). The molecule has 1 aromatic heterocycles. The molecule has 0 bridgehead atoms. The number of nitrogens with zero attached hydrogens (tertiary/aromatic N) is 2. The summed E-state index contributed by atoms with van der Waals surface area (Å²) in [5.41, 5.74) is 2.74. The third kappa shape index (κ3) is 2.84. The SMILES string of the molecule is O=C(O)C1Cc2nc[nH]c2CN1C(=O)CC1=CCCCC1. The molecule has 21 heavy (non-hydrogen) atoms. The zero-order valence-electron chi connectivity index (χ0n) is 11.8. The zero-order chi connectivity index (χ0) is 14.8. The van der Waals surface area contributed by atoms with E-state index < -0.39 is 12.0 Å². The van der Waals surface area contributed by atoms with Gasteiger partial charge < -0.3 is 15.0 Å². The second-order valence-electron chi connectivity index (χ2n) is 5.69. The highest BCUT2D eigenvalue weighted by molar-refractivity contribution is 5.85. The Morgan fingerprint density at radius 1 is 1.43 bits per heavy atom. The minimum atomic E-state index is -0.963. The van der Waals surface area contributed by atoms with Crippen molar-refractivity contribution in [2.45, 2.75) is 51.1 Å². The summed E-state index contributed by atoms with van der Waals surface area (Å²) in [6.45, 7) is 0.304. The van der Waals surface area contributed by atoms with Gasteiger partial charge in [-0.05, 0) is 25.7 Å². The first-order valence-corrected chi connectivity index (χ1v) is 7.36. The van der Waals surface area contributed by atoms with Crippen molar-refractivity contribution in [2.75, 3.05) is 0 Å². The van der Waals surface area contributed by atoms with E-state index in [1.165, 1.54) is 11.3 Å². The maximum atomic E-state index is 12.5. The Hall–Kier alpha value is -2.11. The fourth-order valence-corrected chi connectivity index (χ4v) is 3.08. The normalized spacial score (nSPS) is 21.6. The van der Waals surface area contributed by atoms with Crippen molar-refractivity contribution < 1.29 is 14.7 Å². The molecule has 1 unspecified atom stereocenters. The van der Waals surface area contributed by atoms with Gasteiger partial charge in [-0.15, -0.1) is 0 Å². The van der Waals surface area contributed by atoms with Crippen molar-refractivity contribution in [1.82, 2.24) is 14.9 Å². The first kappa shape index (κ1) is 13.9. The van der Waals surface area contributed by atoms with Crippen LogP contribution in [0.3, 0.4) is 0 Å². The number of allylic oxidation sites excluding steroid dienone is 1. The van der Waals surface area contributed by atoms with E-state index in [-0.39, 0.29) is 12.3 Å². The first-order valence-electron chi connectivity index (χ1n) is 7.36. The number of carboxylic acid groups (broad SMARTS) is 1. The van der Waals surface area contributed by atoms with Gasteiger partial charge in [0, 0.05) is 12.8 Å². The number of hydrogen-bond donors (Lipinski definition) is 2. The predicted octanol–water partition coefficient (Wildman–Crippen LogP) is 1.64. The largest absolute Gasteiger partial charge is 0.480 e. The quantitative estimate of drug-likeness (QED) is 0.828. The first-order chi connectivity index (χ1) is 10.1. The lowest BCUT2D eigenvalue weighted by Crippen LogP contribution is -2.48. The summed E-state index contributed by atoms with van der Waals surface area (Å²) in [6, 6.07) is -0.808. The van der Waals surface area contributed by atoms with Gasteiger partial charge in [-0.1, -0.05) is 11.6 Å². The van der Waals surface area contributed by atoms with Crippen molar-refractivity contribution in [3.05, 3.63) is 29.4 Å². The van der Waals surface area contributed by atoms with Gasteiger partial charge in [-0.3, -0.25) is 4.79 Å². The van der Waals surface area contributed by atoms with Gasteiger partial charge in [-0.2, -0.15) is 0 Å². The van der Waals surface area contributed by atoms with Crippen molar-refractivity contribution in [3.8, 4) is 0 Å². The van der Waals surface area contributed by atoms with E-state index in [1.54, 1.807) is 6.33 Å². The molecule has 1 amide bonds. The monoisotopic (exact) mass is 289 g/mol. The molecule has 2 aliphatic rings. The highest BCUT2D eigenvalue weighted by Gasteiger charge is 2.35. The van der Waals surface area contributed by atoms with Crippen LogP contribution in [0.1, 0.15) is 43.5 Å². The Bertz CT molecular complexity index is 591. The maximum Gasteiger partial charge on any atom is 0.326 e. The number of fused-ring (bicyclic) bond motifs is 1. The molecule has 1 aromatic rings. The second kappa shape index (κ2) is 5.71. The molecule has 0 radical (unpaired) electrons. The molecule has 1 aliphatic carbocycles. The Morgan fingerprint density at radius 3 is 3.00 bits per heavy atom. The van der Waals surface area contributed by atoms with E-state index in [2.05, 4.69) is 16.0 Å². The number of carbonyl (C=O) groups is 2. The molecule has 6 nitrogen and oxygen atoms in total. The van der Waals surface area contributed by atoms with Crippen LogP contribution in [-0.4, -0.2) is 37.9 Å². The zero-order valence-corrected chi connectivity index (χ0v) is 11.8. The standard InChI is InChI=1S/C15H19N3O3/c19-14(6-10-4-2-1-3-5-10)18-8-12-11(16-9-17-12)7-13(18)15(20)21/h4,9,13H,1-3,5-8H2,(H,16,17)(H,20,21). The van der Waals surface area contributed by atoms with E-state index in [0.717, 1.165) is 36.2 Å². The van der Waals surface area contributed by atoms with E-state index in [0.29, 0.717) is 13.0 Å². The van der Waals surface area contributed by atoms with Crippen LogP contribution in [0.4, 0.5) is 0 Å². The van der Waals surface area contributed by atoms with E-state index in [4.69, 9.17) is 0 Å². The van der Waals surface area contributed by atoms with E-state index in [1.807, 2.05) is 0 Å². The van der Waals surface area contributed by atoms with Gasteiger partial charge in [0.05, 0.1) is 24.3 Å². The lowest BCUT2D eigenvalue weighted by molar-refractivity contribution is -0.151. The van der Waals surface area contributed by atoms with Crippen LogP contribution in [0.15, 0.2) is 18.0 Å².